The topological polar surface area (TPSA) is 113 Å². The van der Waals surface area contributed by atoms with Gasteiger partial charge < -0.3 is 5.11 Å². The Bertz CT molecular complexity index is 1150. The van der Waals surface area contributed by atoms with E-state index < -0.39 is 20.7 Å². The summed E-state index contributed by atoms with van der Waals surface area (Å²) in [5.74, 6) is -0.554. The molecule has 142 valence electrons. The van der Waals surface area contributed by atoms with Gasteiger partial charge in [0.15, 0.2) is 0 Å². The van der Waals surface area contributed by atoms with Gasteiger partial charge in [0.1, 0.15) is 0 Å². The van der Waals surface area contributed by atoms with Crippen LogP contribution in [-0.2, 0) is 10.0 Å². The molecule has 0 aromatic heterocycles. The molecule has 0 aliphatic heterocycles. The van der Waals surface area contributed by atoms with Crippen molar-refractivity contribution in [2.24, 2.45) is 4.40 Å². The van der Waals surface area contributed by atoms with E-state index in [0.717, 1.165) is 17.7 Å². The maximum Gasteiger partial charge on any atom is 1.00 e. The van der Waals surface area contributed by atoms with Gasteiger partial charge in [-0.05, 0) is 30.7 Å². The van der Waals surface area contributed by atoms with Crippen LogP contribution in [0.15, 0.2) is 93.4 Å². The first-order valence-corrected chi connectivity index (χ1v) is 9.65. The van der Waals surface area contributed by atoms with Crippen molar-refractivity contribution < 1.29 is 48.0 Å². The molecule has 0 saturated heterocycles. The Morgan fingerprint density at radius 2 is 1.62 bits per heavy atom. The molecule has 29 heavy (non-hydrogen) atoms. The van der Waals surface area contributed by atoms with E-state index in [4.69, 9.17) is 0 Å². The number of hydrogen-bond donors (Lipinski definition) is 0. The molecule has 0 atom stereocenters. The van der Waals surface area contributed by atoms with Crippen LogP contribution in [0.25, 0.3) is 5.76 Å². The Hall–Kier alpha value is -2.52. The number of aryl methyl sites for hydroxylation is 1. The Labute approximate surface area is 190 Å². The zero-order chi connectivity index (χ0) is 20.3. The Morgan fingerprint density at radius 1 is 1.00 bits per heavy atom. The molecule has 0 spiro atoms. The first-order valence-electron chi connectivity index (χ1n) is 8.21. The third-order valence-corrected chi connectivity index (χ3v) is 5.31. The van der Waals surface area contributed by atoms with Gasteiger partial charge in [0.25, 0.3) is 15.7 Å². The van der Waals surface area contributed by atoms with Crippen LogP contribution in [-0.4, -0.2) is 19.1 Å². The summed E-state index contributed by atoms with van der Waals surface area (Å²) in [7, 11) is -4.10. The predicted molar refractivity (Wildman–Crippen MR) is 103 cm³/mol. The normalized spacial score (nSPS) is 16.7. The summed E-state index contributed by atoms with van der Waals surface area (Å²) in [6, 6.07) is 14.2. The van der Waals surface area contributed by atoms with Crippen LogP contribution in [0.1, 0.15) is 11.1 Å². The van der Waals surface area contributed by atoms with E-state index in [2.05, 4.69) is 4.40 Å². The maximum atomic E-state index is 12.8. The minimum atomic E-state index is -4.10. The van der Waals surface area contributed by atoms with E-state index in [1.165, 1.54) is 18.2 Å². The van der Waals surface area contributed by atoms with Crippen LogP contribution in [0.3, 0.4) is 0 Å². The zero-order valence-electron chi connectivity index (χ0n) is 15.8. The molecule has 1 aliphatic rings. The molecular formula is C20H15N2NaO5S. The van der Waals surface area contributed by atoms with E-state index in [1.54, 1.807) is 42.5 Å². The molecule has 0 saturated carbocycles. The zero-order valence-corrected chi connectivity index (χ0v) is 18.6. The fourth-order valence-corrected chi connectivity index (χ4v) is 3.54. The molecule has 3 rings (SSSR count). The molecule has 0 fully saturated rings. The van der Waals surface area contributed by atoms with Crippen LogP contribution in [0, 0.1) is 17.0 Å². The third-order valence-electron chi connectivity index (χ3n) is 4.01. The molecule has 0 heterocycles. The number of nitro groups is 1. The Kier molecular flexibility index (Phi) is 7.32. The van der Waals surface area contributed by atoms with Gasteiger partial charge in [0.2, 0.25) is 0 Å². The van der Waals surface area contributed by atoms with Crippen LogP contribution in [0.4, 0.5) is 0 Å². The SMILES string of the molecule is Cc1ccc(S(=O)(=O)/N=C2\C=CC([N+](=O)[O-])=C\C2=C(\[O-])c2ccccc2)cc1.[Na+]. The smallest absolute Gasteiger partial charge is 0.872 e. The van der Waals surface area contributed by atoms with E-state index in [0.29, 0.717) is 0 Å². The number of rotatable bonds is 4. The summed E-state index contributed by atoms with van der Waals surface area (Å²) in [5, 5.41) is 23.9. The van der Waals surface area contributed by atoms with Crippen LogP contribution in [0.5, 0.6) is 0 Å². The largest absolute Gasteiger partial charge is 1.00 e. The first-order chi connectivity index (χ1) is 13.3. The van der Waals surface area contributed by atoms with Crippen molar-refractivity contribution in [3.05, 3.63) is 105 Å². The van der Waals surface area contributed by atoms with Gasteiger partial charge in [0.05, 0.1) is 15.5 Å². The third kappa shape index (κ3) is 5.30. The van der Waals surface area contributed by atoms with Crippen molar-refractivity contribution in [3.63, 3.8) is 0 Å². The minimum Gasteiger partial charge on any atom is -0.872 e. The fourth-order valence-electron chi connectivity index (χ4n) is 2.54. The van der Waals surface area contributed by atoms with Crippen molar-refractivity contribution in [2.45, 2.75) is 11.8 Å². The number of sulfonamides is 1. The fraction of sp³-hybridized carbons (Fsp3) is 0.0500. The van der Waals surface area contributed by atoms with Crippen LogP contribution < -0.4 is 34.7 Å². The number of allylic oxidation sites excluding steroid dienone is 4. The predicted octanol–water partition coefficient (Wildman–Crippen LogP) is -0.369. The summed E-state index contributed by atoms with van der Waals surface area (Å²) in [6.45, 7) is 1.82. The second-order valence-electron chi connectivity index (χ2n) is 6.03. The number of nitrogens with zero attached hydrogens (tertiary/aromatic N) is 2. The molecule has 1 aliphatic carbocycles. The summed E-state index contributed by atoms with van der Waals surface area (Å²) in [5.41, 5.74) is 0.517. The summed E-state index contributed by atoms with van der Waals surface area (Å²) < 4.78 is 29.0. The molecule has 2 aromatic carbocycles. The molecule has 0 radical (unpaired) electrons. The van der Waals surface area contributed by atoms with Crippen LogP contribution >= 0.6 is 0 Å². The van der Waals surface area contributed by atoms with Crippen molar-refractivity contribution in [1.29, 1.82) is 0 Å². The molecular weight excluding hydrogens is 403 g/mol. The van der Waals surface area contributed by atoms with E-state index >= 15 is 0 Å². The van der Waals surface area contributed by atoms with Crippen molar-refractivity contribution in [1.82, 2.24) is 0 Å². The van der Waals surface area contributed by atoms with E-state index in [1.807, 2.05) is 6.92 Å². The maximum absolute atomic E-state index is 12.8. The number of hydrogen-bond acceptors (Lipinski definition) is 5. The average molecular weight is 418 g/mol. The second kappa shape index (κ2) is 9.32. The van der Waals surface area contributed by atoms with Crippen molar-refractivity contribution in [3.8, 4) is 0 Å². The van der Waals surface area contributed by atoms with Crippen molar-refractivity contribution in [2.75, 3.05) is 0 Å². The minimum absolute atomic E-state index is 0. The standard InChI is InChI=1S/C20H16N2O5S.Na/c1-14-7-10-17(11-8-14)28(26,27)21-19-12-9-16(22(24)25)13-18(19)20(23)15-5-3-2-4-6-15;/h2-13,23H,1H3;/q;+1/p-1/b20-18-,21-19+;. The van der Waals surface area contributed by atoms with Gasteiger partial charge in [-0.25, -0.2) is 0 Å². The Balaban J connectivity index is 0.00000300. The summed E-state index contributed by atoms with van der Waals surface area (Å²) >= 11 is 0. The van der Waals surface area contributed by atoms with Gasteiger partial charge in [-0.15, -0.1) is 0 Å². The number of benzene rings is 2. The molecule has 0 N–H and O–H groups in total. The van der Waals surface area contributed by atoms with Gasteiger partial charge in [-0.3, -0.25) is 10.1 Å². The average Bonchev–Trinajstić information content (AvgIpc) is 2.68. The van der Waals surface area contributed by atoms with E-state index in [9.17, 15) is 23.6 Å². The monoisotopic (exact) mass is 418 g/mol. The second-order valence-corrected chi connectivity index (χ2v) is 7.64. The van der Waals surface area contributed by atoms with Gasteiger partial charge in [-0.2, -0.15) is 12.8 Å². The summed E-state index contributed by atoms with van der Waals surface area (Å²) in [4.78, 5) is 10.4. The Morgan fingerprint density at radius 3 is 2.21 bits per heavy atom. The van der Waals surface area contributed by atoms with Crippen molar-refractivity contribution >= 4 is 21.5 Å². The van der Waals surface area contributed by atoms with E-state index in [-0.39, 0.29) is 57.0 Å². The van der Waals surface area contributed by atoms with Gasteiger partial charge in [-0.1, -0.05) is 53.8 Å². The quantitative estimate of drug-likeness (QED) is 0.291. The first kappa shape index (κ1) is 22.8. The summed E-state index contributed by atoms with van der Waals surface area (Å²) in [6.07, 6.45) is 3.32. The molecule has 2 aromatic rings. The molecule has 0 amide bonds. The molecule has 7 nitrogen and oxygen atoms in total. The van der Waals surface area contributed by atoms with Gasteiger partial charge in [0, 0.05) is 17.7 Å². The molecule has 0 unspecified atom stereocenters. The molecule has 0 bridgehead atoms. The molecule has 9 heteroatoms. The van der Waals surface area contributed by atoms with Crippen LogP contribution in [0.2, 0.25) is 0 Å². The van der Waals surface area contributed by atoms with Gasteiger partial charge >= 0.3 is 29.6 Å².